The molecule has 1 aliphatic heterocycles. The quantitative estimate of drug-likeness (QED) is 0.734. The fourth-order valence-electron chi connectivity index (χ4n) is 3.76. The zero-order chi connectivity index (χ0) is 17.9. The van der Waals surface area contributed by atoms with Crippen LogP contribution in [0.1, 0.15) is 36.9 Å². The summed E-state index contributed by atoms with van der Waals surface area (Å²) in [7, 11) is 0. The zero-order valence-corrected chi connectivity index (χ0v) is 15.2. The van der Waals surface area contributed by atoms with Gasteiger partial charge in [-0.3, -0.25) is 4.79 Å². The van der Waals surface area contributed by atoms with Crippen molar-refractivity contribution in [2.24, 2.45) is 0 Å². The molecular formula is C22H25N3O. The van der Waals surface area contributed by atoms with Gasteiger partial charge in [0.1, 0.15) is 0 Å². The molecule has 4 heteroatoms. The van der Waals surface area contributed by atoms with Crippen LogP contribution in [0.2, 0.25) is 0 Å². The molecule has 0 spiro atoms. The minimum absolute atomic E-state index is 0.0317. The molecule has 0 bridgehead atoms. The van der Waals surface area contributed by atoms with Gasteiger partial charge < -0.3 is 15.2 Å². The average molecular weight is 347 g/mol. The molecule has 0 radical (unpaired) electrons. The molecule has 1 atom stereocenters. The van der Waals surface area contributed by atoms with Crippen molar-refractivity contribution in [3.63, 3.8) is 0 Å². The number of anilines is 1. The standard InChI is InChI=1S/C22H25N3O/c1-16(17-7-6-8-19(13-17)25-11-4-5-12-25)23-14-18-15-24-22(26)21-10-3-2-9-20(18)21/h2-3,6-10,13,15-16,23H,4-5,11-12,14H2,1H3,(H,24,26). The van der Waals surface area contributed by atoms with Gasteiger partial charge in [-0.15, -0.1) is 0 Å². The Morgan fingerprint density at radius 2 is 1.85 bits per heavy atom. The summed E-state index contributed by atoms with van der Waals surface area (Å²) >= 11 is 0. The van der Waals surface area contributed by atoms with Gasteiger partial charge in [0.05, 0.1) is 0 Å². The molecule has 0 aliphatic carbocycles. The van der Waals surface area contributed by atoms with Crippen LogP contribution in [0.15, 0.2) is 59.5 Å². The first kappa shape index (κ1) is 16.9. The number of nitrogens with zero attached hydrogens (tertiary/aromatic N) is 1. The number of nitrogens with one attached hydrogen (secondary N) is 2. The van der Waals surface area contributed by atoms with Crippen molar-refractivity contribution in [3.05, 3.63) is 76.2 Å². The average Bonchev–Trinajstić information content (AvgIpc) is 3.22. The van der Waals surface area contributed by atoms with E-state index in [-0.39, 0.29) is 11.6 Å². The minimum atomic E-state index is -0.0317. The molecule has 2 heterocycles. The van der Waals surface area contributed by atoms with Gasteiger partial charge in [-0.05, 0) is 54.5 Å². The number of fused-ring (bicyclic) bond motifs is 1. The minimum Gasteiger partial charge on any atom is -0.372 e. The van der Waals surface area contributed by atoms with Crippen LogP contribution in [-0.4, -0.2) is 18.1 Å². The summed E-state index contributed by atoms with van der Waals surface area (Å²) in [6.07, 6.45) is 4.40. The molecule has 3 aromatic rings. The Bertz CT molecular complexity index is 957. The highest BCUT2D eigenvalue weighted by Gasteiger charge is 2.14. The third kappa shape index (κ3) is 3.37. The van der Waals surface area contributed by atoms with Gasteiger partial charge in [0.2, 0.25) is 0 Å². The number of pyridine rings is 1. The van der Waals surface area contributed by atoms with E-state index >= 15 is 0 Å². The predicted molar refractivity (Wildman–Crippen MR) is 108 cm³/mol. The predicted octanol–water partition coefficient (Wildman–Crippen LogP) is 3.98. The van der Waals surface area contributed by atoms with Crippen LogP contribution in [0.3, 0.4) is 0 Å². The number of aromatic nitrogens is 1. The number of hydrogen-bond acceptors (Lipinski definition) is 3. The number of aromatic amines is 1. The van der Waals surface area contributed by atoms with Crippen LogP contribution in [0, 0.1) is 0 Å². The summed E-state index contributed by atoms with van der Waals surface area (Å²) < 4.78 is 0. The molecule has 4 nitrogen and oxygen atoms in total. The highest BCUT2D eigenvalue weighted by atomic mass is 16.1. The molecule has 2 aromatic carbocycles. The molecule has 0 saturated carbocycles. The van der Waals surface area contributed by atoms with Gasteiger partial charge in [0, 0.05) is 42.9 Å². The summed E-state index contributed by atoms with van der Waals surface area (Å²) in [5.41, 5.74) is 3.70. The Hall–Kier alpha value is -2.59. The molecule has 1 fully saturated rings. The highest BCUT2D eigenvalue weighted by molar-refractivity contribution is 5.84. The number of rotatable bonds is 5. The maximum absolute atomic E-state index is 12.0. The van der Waals surface area contributed by atoms with Gasteiger partial charge in [0.15, 0.2) is 0 Å². The highest BCUT2D eigenvalue weighted by Crippen LogP contribution is 2.24. The second-order valence-electron chi connectivity index (χ2n) is 7.08. The molecule has 1 aromatic heterocycles. The first-order chi connectivity index (χ1) is 12.7. The third-order valence-corrected chi connectivity index (χ3v) is 5.34. The van der Waals surface area contributed by atoms with Crippen LogP contribution in [0.5, 0.6) is 0 Å². The van der Waals surface area contributed by atoms with Gasteiger partial charge in [-0.2, -0.15) is 0 Å². The van der Waals surface area contributed by atoms with Gasteiger partial charge in [-0.1, -0.05) is 30.3 Å². The van der Waals surface area contributed by atoms with Gasteiger partial charge >= 0.3 is 0 Å². The van der Waals surface area contributed by atoms with E-state index in [9.17, 15) is 4.79 Å². The van der Waals surface area contributed by atoms with E-state index in [1.807, 2.05) is 30.5 Å². The Morgan fingerprint density at radius 1 is 1.08 bits per heavy atom. The second-order valence-corrected chi connectivity index (χ2v) is 7.08. The monoisotopic (exact) mass is 347 g/mol. The number of hydrogen-bond donors (Lipinski definition) is 2. The lowest BCUT2D eigenvalue weighted by molar-refractivity contribution is 0.575. The molecule has 1 saturated heterocycles. The molecule has 134 valence electrons. The van der Waals surface area contributed by atoms with E-state index in [4.69, 9.17) is 0 Å². The Kier molecular flexibility index (Phi) is 4.76. The van der Waals surface area contributed by atoms with Crippen molar-refractivity contribution in [3.8, 4) is 0 Å². The van der Waals surface area contributed by atoms with E-state index < -0.39 is 0 Å². The van der Waals surface area contributed by atoms with Crippen LogP contribution < -0.4 is 15.8 Å². The Balaban J connectivity index is 1.51. The van der Waals surface area contributed by atoms with E-state index in [0.29, 0.717) is 6.54 Å². The molecule has 2 N–H and O–H groups in total. The van der Waals surface area contributed by atoms with Crippen molar-refractivity contribution in [2.45, 2.75) is 32.4 Å². The molecule has 1 aliphatic rings. The first-order valence-corrected chi connectivity index (χ1v) is 9.40. The zero-order valence-electron chi connectivity index (χ0n) is 15.2. The fourth-order valence-corrected chi connectivity index (χ4v) is 3.76. The smallest absolute Gasteiger partial charge is 0.255 e. The maximum atomic E-state index is 12.0. The number of H-pyrrole nitrogens is 1. The Labute approximate surface area is 153 Å². The van der Waals surface area contributed by atoms with Crippen LogP contribution in [-0.2, 0) is 6.54 Å². The van der Waals surface area contributed by atoms with Gasteiger partial charge in [-0.25, -0.2) is 0 Å². The van der Waals surface area contributed by atoms with E-state index in [0.717, 1.165) is 29.4 Å². The summed E-state index contributed by atoms with van der Waals surface area (Å²) in [6.45, 7) is 5.23. The summed E-state index contributed by atoms with van der Waals surface area (Å²) in [4.78, 5) is 17.3. The van der Waals surface area contributed by atoms with E-state index in [2.05, 4.69) is 46.4 Å². The summed E-state index contributed by atoms with van der Waals surface area (Å²) in [6, 6.07) is 16.9. The van der Waals surface area contributed by atoms with Gasteiger partial charge in [0.25, 0.3) is 5.56 Å². The molecule has 1 unspecified atom stereocenters. The SMILES string of the molecule is CC(NCc1c[nH]c(=O)c2ccccc12)c1cccc(N2CCCC2)c1. The van der Waals surface area contributed by atoms with Crippen molar-refractivity contribution < 1.29 is 0 Å². The van der Waals surface area contributed by atoms with E-state index in [1.54, 1.807) is 0 Å². The van der Waals surface area contributed by atoms with Crippen LogP contribution in [0.25, 0.3) is 10.8 Å². The lowest BCUT2D eigenvalue weighted by Crippen LogP contribution is -2.21. The summed E-state index contributed by atoms with van der Waals surface area (Å²) in [5.74, 6) is 0. The normalized spacial score (nSPS) is 15.5. The van der Waals surface area contributed by atoms with Crippen LogP contribution in [0.4, 0.5) is 5.69 Å². The lowest BCUT2D eigenvalue weighted by Gasteiger charge is -2.21. The Morgan fingerprint density at radius 3 is 2.65 bits per heavy atom. The third-order valence-electron chi connectivity index (χ3n) is 5.34. The molecular weight excluding hydrogens is 322 g/mol. The van der Waals surface area contributed by atoms with Crippen molar-refractivity contribution in [2.75, 3.05) is 18.0 Å². The first-order valence-electron chi connectivity index (χ1n) is 9.40. The van der Waals surface area contributed by atoms with Crippen molar-refractivity contribution >= 4 is 16.5 Å². The molecule has 26 heavy (non-hydrogen) atoms. The van der Waals surface area contributed by atoms with Crippen LogP contribution >= 0.6 is 0 Å². The van der Waals surface area contributed by atoms with E-state index in [1.165, 1.54) is 24.1 Å². The second kappa shape index (κ2) is 7.34. The van der Waals surface area contributed by atoms with Crippen molar-refractivity contribution in [1.29, 1.82) is 0 Å². The molecule has 4 rings (SSSR count). The fraction of sp³-hybridized carbons (Fsp3) is 0.318. The lowest BCUT2D eigenvalue weighted by atomic mass is 10.1. The largest absolute Gasteiger partial charge is 0.372 e. The topological polar surface area (TPSA) is 48.1 Å². The maximum Gasteiger partial charge on any atom is 0.255 e. The van der Waals surface area contributed by atoms with Crippen molar-refractivity contribution in [1.82, 2.24) is 10.3 Å². The molecule has 0 amide bonds. The summed E-state index contributed by atoms with van der Waals surface area (Å²) in [5, 5.41) is 5.37. The number of benzene rings is 2.